The molecule has 1 aromatic rings. The summed E-state index contributed by atoms with van der Waals surface area (Å²) in [6.07, 6.45) is -6.16. The number of nitrogens with one attached hydrogen (secondary N) is 1. The van der Waals surface area contributed by atoms with Crippen LogP contribution in [-0.4, -0.2) is 35.0 Å². The quantitative estimate of drug-likeness (QED) is 0.679. The van der Waals surface area contributed by atoms with Crippen molar-refractivity contribution in [2.75, 3.05) is 6.54 Å². The van der Waals surface area contributed by atoms with E-state index >= 15 is 0 Å². The molecule has 118 valence electrons. The van der Waals surface area contributed by atoms with Crippen LogP contribution in [0.4, 0.5) is 18.0 Å². The Morgan fingerprint density at radius 3 is 2.00 bits per heavy atom. The van der Waals surface area contributed by atoms with E-state index in [-0.39, 0.29) is 12.6 Å². The first-order valence-corrected chi connectivity index (χ1v) is 5.69. The van der Waals surface area contributed by atoms with Crippen molar-refractivity contribution in [3.8, 4) is 0 Å². The number of rotatable bonds is 3. The van der Waals surface area contributed by atoms with Crippen molar-refractivity contribution in [2.45, 2.75) is 12.2 Å². The van der Waals surface area contributed by atoms with Crippen LogP contribution in [0.15, 0.2) is 24.3 Å². The predicted octanol–water partition coefficient (Wildman–Crippen LogP) is 2.24. The van der Waals surface area contributed by atoms with Gasteiger partial charge in [0.15, 0.2) is 0 Å². The van der Waals surface area contributed by atoms with Crippen molar-refractivity contribution in [1.82, 2.24) is 5.32 Å². The predicted molar refractivity (Wildman–Crippen MR) is 68.1 cm³/mol. The highest BCUT2D eigenvalue weighted by Gasteiger charge is 2.38. The van der Waals surface area contributed by atoms with E-state index < -0.39 is 18.2 Å². The fourth-order valence-corrected chi connectivity index (χ4v) is 1.15. The largest absolute Gasteiger partial charge is 0.490 e. The van der Waals surface area contributed by atoms with E-state index in [2.05, 4.69) is 5.32 Å². The van der Waals surface area contributed by atoms with Crippen molar-refractivity contribution < 1.29 is 33.0 Å². The summed E-state index contributed by atoms with van der Waals surface area (Å²) < 4.78 is 31.7. The number of hydrogen-bond acceptors (Lipinski definition) is 3. The molecule has 10 heteroatoms. The Hall–Kier alpha value is -2.00. The standard InChI is InChI=1S/C9H11ClN2O2.C2HF3O2/c10-7-3-1-6(2-4-7)8(11)5-12-9(13)14;3-2(4,5)1(6)7/h1-4,8,12H,5,11H2,(H,13,14);(H,6,7). The Morgan fingerprint density at radius 2 is 1.67 bits per heavy atom. The molecule has 0 aliphatic rings. The molecule has 1 amide bonds. The number of amides is 1. The van der Waals surface area contributed by atoms with Crippen LogP contribution in [0.5, 0.6) is 0 Å². The van der Waals surface area contributed by atoms with Crippen LogP contribution in [0.1, 0.15) is 11.6 Å². The van der Waals surface area contributed by atoms with E-state index in [4.69, 9.17) is 32.3 Å². The molecule has 0 radical (unpaired) electrons. The second kappa shape index (κ2) is 8.32. The minimum Gasteiger partial charge on any atom is -0.475 e. The van der Waals surface area contributed by atoms with Gasteiger partial charge in [0.25, 0.3) is 0 Å². The SMILES string of the molecule is NC(CNC(=O)O)c1ccc(Cl)cc1.O=C(O)C(F)(F)F. The first kappa shape index (κ1) is 19.0. The molecule has 0 saturated carbocycles. The molecular weight excluding hydrogens is 317 g/mol. The normalized spacial score (nSPS) is 11.9. The second-order valence-electron chi connectivity index (χ2n) is 3.65. The van der Waals surface area contributed by atoms with Crippen LogP contribution in [-0.2, 0) is 4.79 Å². The number of nitrogens with two attached hydrogens (primary N) is 1. The Labute approximate surface area is 122 Å². The van der Waals surface area contributed by atoms with Crippen molar-refractivity contribution in [1.29, 1.82) is 0 Å². The average Bonchev–Trinajstić information content (AvgIpc) is 2.36. The highest BCUT2D eigenvalue weighted by atomic mass is 35.5. The minimum absolute atomic E-state index is 0.191. The van der Waals surface area contributed by atoms with Gasteiger partial charge in [0.2, 0.25) is 0 Å². The maximum Gasteiger partial charge on any atom is 0.490 e. The molecule has 0 fully saturated rings. The van der Waals surface area contributed by atoms with Crippen molar-refractivity contribution >= 4 is 23.7 Å². The maximum absolute atomic E-state index is 10.6. The number of halogens is 4. The Balaban J connectivity index is 0.000000486. The number of hydrogen-bond donors (Lipinski definition) is 4. The van der Waals surface area contributed by atoms with E-state index in [1.807, 2.05) is 0 Å². The van der Waals surface area contributed by atoms with E-state index in [0.717, 1.165) is 5.56 Å². The van der Waals surface area contributed by atoms with Gasteiger partial charge < -0.3 is 21.3 Å². The zero-order chi connectivity index (χ0) is 16.6. The molecule has 0 spiro atoms. The van der Waals surface area contributed by atoms with Gasteiger partial charge in [-0.2, -0.15) is 13.2 Å². The number of carboxylic acids is 1. The third-order valence-electron chi connectivity index (χ3n) is 2.01. The molecule has 0 saturated heterocycles. The summed E-state index contributed by atoms with van der Waals surface area (Å²) >= 11 is 5.69. The molecule has 0 heterocycles. The first-order valence-electron chi connectivity index (χ1n) is 5.32. The monoisotopic (exact) mass is 328 g/mol. The smallest absolute Gasteiger partial charge is 0.475 e. The van der Waals surface area contributed by atoms with Gasteiger partial charge in [-0.05, 0) is 17.7 Å². The van der Waals surface area contributed by atoms with Crippen LogP contribution >= 0.6 is 11.6 Å². The van der Waals surface area contributed by atoms with Crippen LogP contribution in [0, 0.1) is 0 Å². The number of aliphatic carboxylic acids is 1. The third kappa shape index (κ3) is 8.71. The third-order valence-corrected chi connectivity index (χ3v) is 2.27. The molecule has 0 aromatic heterocycles. The fourth-order valence-electron chi connectivity index (χ4n) is 1.03. The van der Waals surface area contributed by atoms with Crippen LogP contribution in [0.3, 0.4) is 0 Å². The van der Waals surface area contributed by atoms with Gasteiger partial charge in [0, 0.05) is 17.6 Å². The lowest BCUT2D eigenvalue weighted by Gasteiger charge is -2.11. The van der Waals surface area contributed by atoms with Crippen molar-refractivity contribution in [3.63, 3.8) is 0 Å². The first-order chi connectivity index (χ1) is 9.54. The summed E-state index contributed by atoms with van der Waals surface area (Å²) in [7, 11) is 0. The lowest BCUT2D eigenvalue weighted by molar-refractivity contribution is -0.192. The van der Waals surface area contributed by atoms with E-state index in [1.54, 1.807) is 24.3 Å². The van der Waals surface area contributed by atoms with E-state index in [9.17, 15) is 18.0 Å². The molecule has 0 aliphatic heterocycles. The number of alkyl halides is 3. The van der Waals surface area contributed by atoms with Gasteiger partial charge >= 0.3 is 18.2 Å². The van der Waals surface area contributed by atoms with Gasteiger partial charge in [-0.3, -0.25) is 0 Å². The van der Waals surface area contributed by atoms with Crippen molar-refractivity contribution in [2.24, 2.45) is 5.73 Å². The number of carbonyl (C=O) groups is 2. The van der Waals surface area contributed by atoms with Crippen LogP contribution in [0.2, 0.25) is 5.02 Å². The maximum atomic E-state index is 10.6. The van der Waals surface area contributed by atoms with Gasteiger partial charge in [-0.25, -0.2) is 9.59 Å². The van der Waals surface area contributed by atoms with Crippen LogP contribution < -0.4 is 11.1 Å². The molecule has 1 rings (SSSR count). The average molecular weight is 329 g/mol. The highest BCUT2D eigenvalue weighted by molar-refractivity contribution is 6.30. The summed E-state index contributed by atoms with van der Waals surface area (Å²) in [5.74, 6) is -2.76. The number of carboxylic acid groups (broad SMARTS) is 2. The molecule has 1 aromatic carbocycles. The summed E-state index contributed by atoms with van der Waals surface area (Å²) in [6, 6.07) is 6.64. The molecule has 21 heavy (non-hydrogen) atoms. The molecule has 5 N–H and O–H groups in total. The molecule has 0 bridgehead atoms. The van der Waals surface area contributed by atoms with Gasteiger partial charge in [-0.15, -0.1) is 0 Å². The molecular formula is C11H12ClF3N2O4. The molecule has 1 unspecified atom stereocenters. The van der Waals surface area contributed by atoms with Crippen LogP contribution in [0.25, 0.3) is 0 Å². The highest BCUT2D eigenvalue weighted by Crippen LogP contribution is 2.14. The Morgan fingerprint density at radius 1 is 1.24 bits per heavy atom. The fraction of sp³-hybridized carbons (Fsp3) is 0.273. The summed E-state index contributed by atoms with van der Waals surface area (Å²) in [5, 5.41) is 18.3. The van der Waals surface area contributed by atoms with Gasteiger partial charge in [0.1, 0.15) is 0 Å². The summed E-state index contributed by atoms with van der Waals surface area (Å²) in [6.45, 7) is 0.191. The zero-order valence-electron chi connectivity index (χ0n) is 10.4. The topological polar surface area (TPSA) is 113 Å². The van der Waals surface area contributed by atoms with E-state index in [1.165, 1.54) is 0 Å². The molecule has 6 nitrogen and oxygen atoms in total. The Bertz CT molecular complexity index is 479. The lowest BCUT2D eigenvalue weighted by atomic mass is 10.1. The van der Waals surface area contributed by atoms with E-state index in [0.29, 0.717) is 5.02 Å². The molecule has 0 aliphatic carbocycles. The zero-order valence-corrected chi connectivity index (χ0v) is 11.1. The van der Waals surface area contributed by atoms with Gasteiger partial charge in [-0.1, -0.05) is 23.7 Å². The summed E-state index contributed by atoms with van der Waals surface area (Å²) in [5.41, 5.74) is 6.57. The van der Waals surface area contributed by atoms with Gasteiger partial charge in [0.05, 0.1) is 0 Å². The summed E-state index contributed by atoms with van der Waals surface area (Å²) in [4.78, 5) is 19.1. The minimum atomic E-state index is -5.08. The Kier molecular flexibility index (Phi) is 7.53. The number of benzene rings is 1. The molecule has 1 atom stereocenters. The van der Waals surface area contributed by atoms with Crippen molar-refractivity contribution in [3.05, 3.63) is 34.9 Å². The second-order valence-corrected chi connectivity index (χ2v) is 4.08. The lowest BCUT2D eigenvalue weighted by Crippen LogP contribution is -2.30.